The molecule has 1 aromatic heterocycles. The first-order valence-electron chi connectivity index (χ1n) is 4.79. The number of rotatable bonds is 2. The lowest BCUT2D eigenvalue weighted by Crippen LogP contribution is -1.95. The first-order valence-corrected chi connectivity index (χ1v) is 4.79. The molecule has 0 aromatic carbocycles. The average Bonchev–Trinajstić information content (AvgIpc) is 2.19. The Morgan fingerprint density at radius 1 is 1.21 bits per heavy atom. The maximum absolute atomic E-state index is 4.16. The van der Waals surface area contributed by atoms with Gasteiger partial charge in [0.2, 0.25) is 0 Å². The van der Waals surface area contributed by atoms with E-state index in [-0.39, 0.29) is 0 Å². The molecule has 0 aliphatic carbocycles. The van der Waals surface area contributed by atoms with E-state index in [2.05, 4.69) is 23.2 Å². The largest absolute Gasteiger partial charge is 0.155 e. The van der Waals surface area contributed by atoms with Crippen LogP contribution < -0.4 is 0 Å². The zero-order chi connectivity index (χ0) is 10.6. The number of allylic oxidation sites excluding steroid dienone is 4. The van der Waals surface area contributed by atoms with Gasteiger partial charge in [-0.25, -0.2) is 0 Å². The molecule has 0 saturated heterocycles. The Morgan fingerprint density at radius 3 is 2.43 bits per heavy atom. The van der Waals surface area contributed by atoms with E-state index in [9.17, 15) is 0 Å². The fourth-order valence-corrected chi connectivity index (χ4v) is 1.20. The van der Waals surface area contributed by atoms with Gasteiger partial charge in [-0.3, -0.25) is 0 Å². The predicted octanol–water partition coefficient (Wildman–Crippen LogP) is 3.07. The quantitative estimate of drug-likeness (QED) is 0.666. The molecule has 1 aromatic rings. The van der Waals surface area contributed by atoms with Crippen molar-refractivity contribution in [1.82, 2.24) is 10.2 Å². The van der Waals surface area contributed by atoms with Gasteiger partial charge in [-0.15, -0.1) is 0 Å². The smallest absolute Gasteiger partial charge is 0.0929 e. The molecule has 0 fully saturated rings. The van der Waals surface area contributed by atoms with Crippen LogP contribution >= 0.6 is 0 Å². The lowest BCUT2D eigenvalue weighted by molar-refractivity contribution is 0.947. The minimum Gasteiger partial charge on any atom is -0.155 e. The van der Waals surface area contributed by atoms with Crippen LogP contribution in [0.2, 0.25) is 0 Å². The molecule has 0 unspecified atom stereocenters. The molecule has 2 nitrogen and oxygen atoms in total. The van der Waals surface area contributed by atoms with E-state index in [1.54, 1.807) is 0 Å². The Kier molecular flexibility index (Phi) is 3.57. The third-order valence-electron chi connectivity index (χ3n) is 2.18. The van der Waals surface area contributed by atoms with Crippen LogP contribution in [0, 0.1) is 13.8 Å². The van der Waals surface area contributed by atoms with Gasteiger partial charge >= 0.3 is 0 Å². The Labute approximate surface area is 85.4 Å². The van der Waals surface area contributed by atoms with Gasteiger partial charge in [0.15, 0.2) is 0 Å². The first-order chi connectivity index (χ1) is 6.69. The molecule has 14 heavy (non-hydrogen) atoms. The van der Waals surface area contributed by atoms with Crippen molar-refractivity contribution < 1.29 is 0 Å². The maximum atomic E-state index is 4.16. The highest BCUT2D eigenvalue weighted by Gasteiger charge is 2.01. The monoisotopic (exact) mass is 188 g/mol. The Hall–Kier alpha value is -1.44. The molecule has 0 aliphatic heterocycles. The van der Waals surface area contributed by atoms with Crippen molar-refractivity contribution in [1.29, 1.82) is 0 Å². The Balaban J connectivity index is 3.13. The van der Waals surface area contributed by atoms with Crippen molar-refractivity contribution in [2.75, 3.05) is 0 Å². The van der Waals surface area contributed by atoms with Gasteiger partial charge < -0.3 is 0 Å². The fraction of sp³-hybridized carbons (Fsp3) is 0.333. The van der Waals surface area contributed by atoms with Crippen LogP contribution in [0.15, 0.2) is 24.3 Å². The molecular formula is C12H16N2. The highest BCUT2D eigenvalue weighted by Crippen LogP contribution is 2.14. The number of hydrogen-bond acceptors (Lipinski definition) is 2. The highest BCUT2D eigenvalue weighted by molar-refractivity contribution is 5.71. The summed E-state index contributed by atoms with van der Waals surface area (Å²) in [7, 11) is 0. The predicted molar refractivity (Wildman–Crippen MR) is 60.0 cm³/mol. The molecule has 74 valence electrons. The summed E-state index contributed by atoms with van der Waals surface area (Å²) in [6, 6.07) is 2.07. The Bertz CT molecular complexity index is 376. The van der Waals surface area contributed by atoms with Gasteiger partial charge in [-0.1, -0.05) is 18.2 Å². The highest BCUT2D eigenvalue weighted by atomic mass is 15.1. The van der Waals surface area contributed by atoms with E-state index in [4.69, 9.17) is 0 Å². The zero-order valence-electron chi connectivity index (χ0n) is 9.20. The molecule has 0 bridgehead atoms. The summed E-state index contributed by atoms with van der Waals surface area (Å²) >= 11 is 0. The van der Waals surface area contributed by atoms with E-state index >= 15 is 0 Å². The summed E-state index contributed by atoms with van der Waals surface area (Å²) in [5.74, 6) is 0. The third-order valence-corrected chi connectivity index (χ3v) is 2.18. The lowest BCUT2D eigenvalue weighted by Gasteiger charge is -2.03. The molecule has 1 heterocycles. The standard InChI is InChI=1S/C12H16N2/c1-5-7-11(6-2)12-8-9(3)10(4)13-14-12/h5-8H,1-4H3/b7-5-,11-6+. The minimum absolute atomic E-state index is 0.939. The van der Waals surface area contributed by atoms with Crippen molar-refractivity contribution in [2.24, 2.45) is 0 Å². The van der Waals surface area contributed by atoms with Gasteiger partial charge in [-0.2, -0.15) is 10.2 Å². The van der Waals surface area contributed by atoms with Crippen LogP contribution in [0.5, 0.6) is 0 Å². The summed E-state index contributed by atoms with van der Waals surface area (Å²) in [4.78, 5) is 0. The molecule has 0 N–H and O–H groups in total. The van der Waals surface area contributed by atoms with Crippen molar-refractivity contribution in [3.8, 4) is 0 Å². The average molecular weight is 188 g/mol. The van der Waals surface area contributed by atoms with Crippen LogP contribution in [0.1, 0.15) is 30.8 Å². The number of nitrogens with zero attached hydrogens (tertiary/aromatic N) is 2. The number of aryl methyl sites for hydroxylation is 2. The minimum atomic E-state index is 0.939. The molecule has 0 amide bonds. The van der Waals surface area contributed by atoms with Crippen LogP contribution in [0.4, 0.5) is 0 Å². The van der Waals surface area contributed by atoms with Gasteiger partial charge in [-0.05, 0) is 44.9 Å². The van der Waals surface area contributed by atoms with E-state index in [1.165, 1.54) is 5.56 Å². The molecule has 2 heteroatoms. The van der Waals surface area contributed by atoms with Crippen LogP contribution in [0.3, 0.4) is 0 Å². The lowest BCUT2D eigenvalue weighted by atomic mass is 10.1. The Morgan fingerprint density at radius 2 is 1.93 bits per heavy atom. The van der Waals surface area contributed by atoms with E-state index in [0.717, 1.165) is 17.0 Å². The second kappa shape index (κ2) is 4.70. The molecule has 0 saturated carbocycles. The molecule has 0 spiro atoms. The van der Waals surface area contributed by atoms with Gasteiger partial charge in [0.1, 0.15) is 0 Å². The van der Waals surface area contributed by atoms with Gasteiger partial charge in [0.05, 0.1) is 11.4 Å². The SMILES string of the molecule is C/C=C\C(=C/C)c1cc(C)c(C)nn1. The van der Waals surface area contributed by atoms with E-state index in [1.807, 2.05) is 39.0 Å². The summed E-state index contributed by atoms with van der Waals surface area (Å²) in [5.41, 5.74) is 4.22. The maximum Gasteiger partial charge on any atom is 0.0929 e. The van der Waals surface area contributed by atoms with Crippen LogP contribution in [0.25, 0.3) is 5.57 Å². The van der Waals surface area contributed by atoms with Gasteiger partial charge in [0.25, 0.3) is 0 Å². The topological polar surface area (TPSA) is 25.8 Å². The first kappa shape index (κ1) is 10.6. The molecule has 0 radical (unpaired) electrons. The van der Waals surface area contributed by atoms with Crippen molar-refractivity contribution in [3.63, 3.8) is 0 Å². The summed E-state index contributed by atoms with van der Waals surface area (Å²) in [6.07, 6.45) is 6.09. The van der Waals surface area contributed by atoms with E-state index < -0.39 is 0 Å². The van der Waals surface area contributed by atoms with Crippen molar-refractivity contribution >= 4 is 5.57 Å². The van der Waals surface area contributed by atoms with Gasteiger partial charge in [0, 0.05) is 0 Å². The second-order valence-corrected chi connectivity index (χ2v) is 3.24. The van der Waals surface area contributed by atoms with Crippen molar-refractivity contribution in [2.45, 2.75) is 27.7 Å². The third kappa shape index (κ3) is 2.28. The number of aromatic nitrogens is 2. The van der Waals surface area contributed by atoms with Crippen LogP contribution in [-0.2, 0) is 0 Å². The second-order valence-electron chi connectivity index (χ2n) is 3.24. The number of hydrogen-bond donors (Lipinski definition) is 0. The summed E-state index contributed by atoms with van der Waals surface area (Å²) < 4.78 is 0. The molecule has 0 atom stereocenters. The van der Waals surface area contributed by atoms with Crippen molar-refractivity contribution in [3.05, 3.63) is 41.2 Å². The van der Waals surface area contributed by atoms with Crippen LogP contribution in [-0.4, -0.2) is 10.2 Å². The molecular weight excluding hydrogens is 172 g/mol. The molecule has 0 aliphatic rings. The molecule has 1 rings (SSSR count). The normalized spacial score (nSPS) is 12.4. The summed E-state index contributed by atoms with van der Waals surface area (Å²) in [5, 5.41) is 8.26. The summed E-state index contributed by atoms with van der Waals surface area (Å²) in [6.45, 7) is 8.03. The zero-order valence-corrected chi connectivity index (χ0v) is 9.20. The van der Waals surface area contributed by atoms with E-state index in [0.29, 0.717) is 0 Å². The fourth-order valence-electron chi connectivity index (χ4n) is 1.20.